The fraction of sp³-hybridized carbons (Fsp3) is 0.400. The van der Waals surface area contributed by atoms with Crippen molar-refractivity contribution in [3.63, 3.8) is 0 Å². The Morgan fingerprint density at radius 1 is 1.05 bits per heavy atom. The van der Waals surface area contributed by atoms with Gasteiger partial charge in [-0.05, 0) is 37.1 Å². The molecule has 0 aliphatic heterocycles. The van der Waals surface area contributed by atoms with Gasteiger partial charge in [-0.15, -0.1) is 24.0 Å². The number of rotatable bonds is 7. The molecule has 1 aromatic rings. The summed E-state index contributed by atoms with van der Waals surface area (Å²) >= 11 is 5.47. The molecule has 0 aliphatic carbocycles. The molecule has 0 radical (unpaired) electrons. The maximum atomic E-state index is 11.7. The third-order valence-electron chi connectivity index (χ3n) is 2.25. The maximum Gasteiger partial charge on any atom is 0.238 e. The highest BCUT2D eigenvalue weighted by Crippen LogP contribution is 2.14. The van der Waals surface area contributed by atoms with Crippen LogP contribution < -0.4 is 9.86 Å². The Balaban J connectivity index is 0.00000361. The molecule has 0 saturated carbocycles. The van der Waals surface area contributed by atoms with Gasteiger partial charge >= 0.3 is 0 Å². The third-order valence-corrected chi connectivity index (χ3v) is 4.82. The van der Waals surface area contributed by atoms with Crippen molar-refractivity contribution in [3.8, 4) is 0 Å². The van der Waals surface area contributed by atoms with E-state index in [1.807, 2.05) is 0 Å². The molecule has 116 valence electrons. The number of primary sulfonamides is 1. The average molecular weight is 363 g/mol. The summed E-state index contributed by atoms with van der Waals surface area (Å²) in [7, 11) is -7.22. The first-order chi connectivity index (χ1) is 8.74. The minimum Gasteiger partial charge on any atom is -0.284 e. The zero-order chi connectivity index (χ0) is 14.5. The van der Waals surface area contributed by atoms with Crippen LogP contribution in [0.25, 0.3) is 0 Å². The molecule has 0 fully saturated rings. The quantitative estimate of drug-likeness (QED) is 0.566. The summed E-state index contributed by atoms with van der Waals surface area (Å²) in [6.07, 6.45) is 1.08. The van der Waals surface area contributed by atoms with Crippen LogP contribution in [0.3, 0.4) is 0 Å². The van der Waals surface area contributed by atoms with E-state index in [0.717, 1.165) is 0 Å². The summed E-state index contributed by atoms with van der Waals surface area (Å²) in [4.78, 5) is -0.0717. The molecular weight excluding hydrogens is 347 g/mol. The second-order valence-electron chi connectivity index (χ2n) is 3.89. The Morgan fingerprint density at radius 2 is 1.60 bits per heavy atom. The van der Waals surface area contributed by atoms with Gasteiger partial charge in [0.05, 0.1) is 10.6 Å². The van der Waals surface area contributed by atoms with Crippen LogP contribution in [0.15, 0.2) is 29.2 Å². The van der Waals surface area contributed by atoms with Gasteiger partial charge in [-0.25, -0.2) is 22.0 Å². The van der Waals surface area contributed by atoms with Crippen LogP contribution in [0.2, 0.25) is 0 Å². The summed E-state index contributed by atoms with van der Waals surface area (Å²) in [6.45, 7) is 0. The minimum atomic E-state index is -3.77. The molecule has 0 saturated heterocycles. The van der Waals surface area contributed by atoms with Crippen LogP contribution in [0.5, 0.6) is 0 Å². The lowest BCUT2D eigenvalue weighted by Crippen LogP contribution is -2.17. The van der Waals surface area contributed by atoms with Crippen LogP contribution in [-0.2, 0) is 20.0 Å². The number of anilines is 1. The zero-order valence-corrected chi connectivity index (χ0v) is 13.7. The van der Waals surface area contributed by atoms with Gasteiger partial charge in [-0.2, -0.15) is 0 Å². The standard InChI is InChI=1S/C10H15ClN2O4S2.ClH/c11-7-1-2-8-18(14,15)13-9-3-5-10(6-4-9)19(12,16)17;/h3-6,13H,1-2,7-8H2,(H2,12,16,17);1H. The van der Waals surface area contributed by atoms with Gasteiger partial charge in [-0.3, -0.25) is 4.72 Å². The second-order valence-corrected chi connectivity index (χ2v) is 7.67. The summed E-state index contributed by atoms with van der Waals surface area (Å²) in [5.41, 5.74) is 0.290. The number of nitrogens with two attached hydrogens (primary N) is 1. The summed E-state index contributed by atoms with van der Waals surface area (Å²) in [5.74, 6) is 0.384. The summed E-state index contributed by atoms with van der Waals surface area (Å²) < 4.78 is 47.7. The van der Waals surface area contributed by atoms with E-state index in [1.54, 1.807) is 0 Å². The number of benzene rings is 1. The highest BCUT2D eigenvalue weighted by atomic mass is 35.5. The molecule has 6 nitrogen and oxygen atoms in total. The predicted molar refractivity (Wildman–Crippen MR) is 82.4 cm³/mol. The molecule has 0 unspecified atom stereocenters. The van der Waals surface area contributed by atoms with Gasteiger partial charge in [-0.1, -0.05) is 0 Å². The molecule has 0 spiro atoms. The van der Waals surface area contributed by atoms with E-state index in [2.05, 4.69) is 4.72 Å². The van der Waals surface area contributed by atoms with E-state index in [4.69, 9.17) is 16.7 Å². The van der Waals surface area contributed by atoms with Crippen LogP contribution in [0.1, 0.15) is 12.8 Å². The molecule has 3 N–H and O–H groups in total. The first-order valence-corrected chi connectivity index (χ1v) is 9.17. The van der Waals surface area contributed by atoms with E-state index in [-0.39, 0.29) is 23.1 Å². The molecule has 20 heavy (non-hydrogen) atoms. The maximum absolute atomic E-state index is 11.7. The lowest BCUT2D eigenvalue weighted by molar-refractivity contribution is 0.596. The van der Waals surface area contributed by atoms with Crippen molar-refractivity contribution in [2.75, 3.05) is 16.4 Å². The Morgan fingerprint density at radius 3 is 2.05 bits per heavy atom. The molecule has 0 aliphatic rings. The fourth-order valence-electron chi connectivity index (χ4n) is 1.33. The van der Waals surface area contributed by atoms with Crippen LogP contribution in [0, 0.1) is 0 Å². The van der Waals surface area contributed by atoms with Crippen molar-refractivity contribution in [1.82, 2.24) is 0 Å². The molecule has 0 aromatic heterocycles. The minimum absolute atomic E-state index is 0. The Bertz CT molecular complexity index is 615. The molecule has 1 aromatic carbocycles. The predicted octanol–water partition coefficient (Wildman–Crippen LogP) is 1.52. The van der Waals surface area contributed by atoms with Crippen LogP contribution in [0.4, 0.5) is 5.69 Å². The SMILES string of the molecule is Cl.NS(=O)(=O)c1ccc(NS(=O)(=O)CCCCCl)cc1. The van der Waals surface area contributed by atoms with Crippen molar-refractivity contribution in [3.05, 3.63) is 24.3 Å². The number of sulfonamides is 2. The number of hydrogen-bond acceptors (Lipinski definition) is 4. The number of unbranched alkanes of at least 4 members (excludes halogenated alkanes) is 1. The lowest BCUT2D eigenvalue weighted by atomic mass is 10.3. The molecule has 0 atom stereocenters. The monoisotopic (exact) mass is 362 g/mol. The smallest absolute Gasteiger partial charge is 0.238 e. The number of halogens is 2. The Labute approximate surface area is 130 Å². The van der Waals surface area contributed by atoms with E-state index in [9.17, 15) is 16.8 Å². The van der Waals surface area contributed by atoms with Gasteiger partial charge in [0.1, 0.15) is 0 Å². The summed E-state index contributed by atoms with van der Waals surface area (Å²) in [5, 5.41) is 4.94. The molecule has 0 heterocycles. The topological polar surface area (TPSA) is 106 Å². The number of alkyl halides is 1. The Hall–Kier alpha value is -0.540. The van der Waals surface area contributed by atoms with Gasteiger partial charge < -0.3 is 0 Å². The average Bonchev–Trinajstić information content (AvgIpc) is 2.28. The van der Waals surface area contributed by atoms with E-state index in [1.165, 1.54) is 24.3 Å². The fourth-order valence-corrected chi connectivity index (χ4v) is 3.22. The first-order valence-electron chi connectivity index (χ1n) is 5.44. The van der Waals surface area contributed by atoms with Gasteiger partial charge in [0, 0.05) is 11.6 Å². The van der Waals surface area contributed by atoms with Crippen molar-refractivity contribution >= 4 is 49.7 Å². The second kappa shape index (κ2) is 8.04. The highest BCUT2D eigenvalue weighted by Gasteiger charge is 2.11. The Kier molecular flexibility index (Phi) is 7.82. The lowest BCUT2D eigenvalue weighted by Gasteiger charge is -2.08. The largest absolute Gasteiger partial charge is 0.284 e. The van der Waals surface area contributed by atoms with E-state index < -0.39 is 20.0 Å². The van der Waals surface area contributed by atoms with Crippen LogP contribution in [-0.4, -0.2) is 28.5 Å². The van der Waals surface area contributed by atoms with Gasteiger partial charge in [0.2, 0.25) is 20.0 Å². The van der Waals surface area contributed by atoms with Gasteiger partial charge in [0.25, 0.3) is 0 Å². The number of nitrogens with one attached hydrogen (secondary N) is 1. The van der Waals surface area contributed by atoms with Crippen molar-refractivity contribution in [1.29, 1.82) is 0 Å². The van der Waals surface area contributed by atoms with Gasteiger partial charge in [0.15, 0.2) is 0 Å². The highest BCUT2D eigenvalue weighted by molar-refractivity contribution is 7.92. The number of hydrogen-bond donors (Lipinski definition) is 2. The van der Waals surface area contributed by atoms with Crippen LogP contribution >= 0.6 is 24.0 Å². The van der Waals surface area contributed by atoms with E-state index in [0.29, 0.717) is 24.4 Å². The molecule has 1 rings (SSSR count). The molecule has 10 heteroatoms. The molecule has 0 bridgehead atoms. The molecule has 0 amide bonds. The third kappa shape index (κ3) is 6.76. The van der Waals surface area contributed by atoms with E-state index >= 15 is 0 Å². The summed E-state index contributed by atoms with van der Waals surface area (Å²) in [6, 6.07) is 5.18. The zero-order valence-electron chi connectivity index (χ0n) is 10.5. The normalized spacial score (nSPS) is 11.7. The first kappa shape index (κ1) is 19.5. The van der Waals surface area contributed by atoms with Crippen molar-refractivity contribution < 1.29 is 16.8 Å². The van der Waals surface area contributed by atoms with Crippen molar-refractivity contribution in [2.45, 2.75) is 17.7 Å². The van der Waals surface area contributed by atoms with Crippen molar-refractivity contribution in [2.24, 2.45) is 5.14 Å². The molecular formula is C10H16Cl2N2O4S2.